The molecule has 1 aromatic heterocycles. The summed E-state index contributed by atoms with van der Waals surface area (Å²) in [4.78, 5) is 18.7. The molecule has 0 unspecified atom stereocenters. The Bertz CT molecular complexity index is 596. The summed E-state index contributed by atoms with van der Waals surface area (Å²) in [5.74, 6) is 0.705. The number of halogens is 1. The van der Waals surface area contributed by atoms with Crippen molar-refractivity contribution < 1.29 is 9.18 Å². The van der Waals surface area contributed by atoms with Crippen molar-refractivity contribution in [3.63, 3.8) is 0 Å². The molecule has 1 aliphatic rings. The summed E-state index contributed by atoms with van der Waals surface area (Å²) in [6.07, 6.45) is 3.20. The fraction of sp³-hybridized carbons (Fsp3) is 0.357. The highest BCUT2D eigenvalue weighted by Gasteiger charge is 2.30. The highest BCUT2D eigenvalue weighted by molar-refractivity contribution is 8.00. The number of hydrogen-bond acceptors (Lipinski definition) is 4. The molecule has 0 atom stereocenters. The van der Waals surface area contributed by atoms with Crippen LogP contribution < -0.4 is 0 Å². The van der Waals surface area contributed by atoms with E-state index in [1.807, 2.05) is 4.90 Å². The number of likely N-dealkylation sites (tertiary alicyclic amines) is 1. The first-order chi connectivity index (χ1) is 10.2. The van der Waals surface area contributed by atoms with Gasteiger partial charge in [0.15, 0.2) is 0 Å². The lowest BCUT2D eigenvalue weighted by atomic mass is 10.0. The van der Waals surface area contributed by atoms with E-state index in [1.54, 1.807) is 23.1 Å². The van der Waals surface area contributed by atoms with Gasteiger partial charge >= 0.3 is 0 Å². The molecule has 0 bridgehead atoms. The molecule has 1 aliphatic heterocycles. The lowest BCUT2D eigenvalue weighted by molar-refractivity contribution is -0.134. The maximum atomic E-state index is 12.8. The Morgan fingerprint density at radius 1 is 1.33 bits per heavy atom. The number of carbonyl (C=O) groups excluding carboxylic acids is 1. The molecule has 7 heteroatoms. The molecule has 21 heavy (non-hydrogen) atoms. The lowest BCUT2D eigenvalue weighted by Gasteiger charge is -2.39. The van der Waals surface area contributed by atoms with Crippen molar-refractivity contribution in [3.05, 3.63) is 42.7 Å². The number of benzene rings is 1. The van der Waals surface area contributed by atoms with E-state index < -0.39 is 0 Å². The van der Waals surface area contributed by atoms with Crippen molar-refractivity contribution in [2.45, 2.75) is 11.4 Å². The van der Waals surface area contributed by atoms with Crippen LogP contribution in [-0.4, -0.2) is 44.4 Å². The van der Waals surface area contributed by atoms with Gasteiger partial charge in [0, 0.05) is 30.4 Å². The maximum Gasteiger partial charge on any atom is 0.232 e. The van der Waals surface area contributed by atoms with Crippen LogP contribution in [0.2, 0.25) is 0 Å². The number of aromatic nitrogens is 3. The molecule has 1 aromatic carbocycles. The zero-order valence-electron chi connectivity index (χ0n) is 11.4. The zero-order valence-corrected chi connectivity index (χ0v) is 12.2. The van der Waals surface area contributed by atoms with Gasteiger partial charge in [-0.2, -0.15) is 5.10 Å². The minimum absolute atomic E-state index is 0.124. The Morgan fingerprint density at radius 3 is 2.76 bits per heavy atom. The summed E-state index contributed by atoms with van der Waals surface area (Å²) in [7, 11) is 0. The predicted molar refractivity (Wildman–Crippen MR) is 77.2 cm³/mol. The van der Waals surface area contributed by atoms with Gasteiger partial charge in [-0.1, -0.05) is 0 Å². The number of nitrogens with zero attached hydrogens (tertiary/aromatic N) is 4. The Kier molecular flexibility index (Phi) is 4.19. The molecule has 0 radical (unpaired) electrons. The Hall–Kier alpha value is -1.89. The first-order valence-electron chi connectivity index (χ1n) is 6.69. The van der Waals surface area contributed by atoms with E-state index in [0.29, 0.717) is 11.7 Å². The molecule has 2 heterocycles. The summed E-state index contributed by atoms with van der Waals surface area (Å²) in [5.41, 5.74) is 0. The van der Waals surface area contributed by atoms with Gasteiger partial charge in [0.05, 0.1) is 5.75 Å². The number of thioether (sulfide) groups is 1. The molecule has 1 amide bonds. The largest absolute Gasteiger partial charge is 0.341 e. The van der Waals surface area contributed by atoms with E-state index in [1.165, 1.54) is 30.2 Å². The molecular weight excluding hydrogens is 291 g/mol. The summed E-state index contributed by atoms with van der Waals surface area (Å²) >= 11 is 1.44. The Labute approximate surface area is 126 Å². The van der Waals surface area contributed by atoms with E-state index in [2.05, 4.69) is 10.1 Å². The molecule has 0 spiro atoms. The average Bonchev–Trinajstić information content (AvgIpc) is 2.94. The highest BCUT2D eigenvalue weighted by Crippen LogP contribution is 2.22. The minimum atomic E-state index is -0.260. The summed E-state index contributed by atoms with van der Waals surface area (Å²) < 4.78 is 14.6. The van der Waals surface area contributed by atoms with Crippen LogP contribution in [0.4, 0.5) is 4.39 Å². The van der Waals surface area contributed by atoms with E-state index in [0.717, 1.165) is 24.5 Å². The topological polar surface area (TPSA) is 51.0 Å². The van der Waals surface area contributed by atoms with Gasteiger partial charge < -0.3 is 4.90 Å². The summed E-state index contributed by atoms with van der Waals surface area (Å²) in [6.45, 7) is 2.33. The zero-order chi connectivity index (χ0) is 14.7. The molecule has 3 rings (SSSR count). The van der Waals surface area contributed by atoms with Crippen molar-refractivity contribution in [1.29, 1.82) is 0 Å². The number of amides is 1. The van der Waals surface area contributed by atoms with E-state index >= 15 is 0 Å². The van der Waals surface area contributed by atoms with Crippen LogP contribution in [-0.2, 0) is 11.3 Å². The van der Waals surface area contributed by atoms with Crippen LogP contribution in [0.3, 0.4) is 0 Å². The van der Waals surface area contributed by atoms with Crippen molar-refractivity contribution in [2.75, 3.05) is 18.8 Å². The fourth-order valence-corrected chi connectivity index (χ4v) is 3.05. The maximum absolute atomic E-state index is 12.8. The second kappa shape index (κ2) is 6.26. The second-order valence-electron chi connectivity index (χ2n) is 5.02. The van der Waals surface area contributed by atoms with Crippen molar-refractivity contribution in [3.8, 4) is 0 Å². The standard InChI is InChI=1S/C14H15FN4OS/c15-12-1-3-13(4-2-12)21-8-14(20)18-5-11(6-18)7-19-10-16-9-17-19/h1-4,9-11H,5-8H2. The smallest absolute Gasteiger partial charge is 0.232 e. The van der Waals surface area contributed by atoms with Crippen molar-refractivity contribution in [2.24, 2.45) is 5.92 Å². The molecule has 0 saturated carbocycles. The van der Waals surface area contributed by atoms with Crippen LogP contribution in [0.15, 0.2) is 41.8 Å². The molecular formula is C14H15FN4OS. The monoisotopic (exact) mass is 306 g/mol. The molecule has 1 fully saturated rings. The van der Waals surface area contributed by atoms with Gasteiger partial charge in [-0.3, -0.25) is 9.48 Å². The van der Waals surface area contributed by atoms with Crippen molar-refractivity contribution in [1.82, 2.24) is 19.7 Å². The van der Waals surface area contributed by atoms with Gasteiger partial charge in [-0.15, -0.1) is 11.8 Å². The fourth-order valence-electron chi connectivity index (χ4n) is 2.25. The molecule has 0 N–H and O–H groups in total. The Morgan fingerprint density at radius 2 is 2.10 bits per heavy atom. The quantitative estimate of drug-likeness (QED) is 0.789. The van der Waals surface area contributed by atoms with Crippen LogP contribution in [0.1, 0.15) is 0 Å². The average molecular weight is 306 g/mol. The lowest BCUT2D eigenvalue weighted by Crippen LogP contribution is -2.52. The van der Waals surface area contributed by atoms with E-state index in [4.69, 9.17) is 0 Å². The molecule has 5 nitrogen and oxygen atoms in total. The molecule has 110 valence electrons. The third-order valence-corrected chi connectivity index (χ3v) is 4.39. The number of hydrogen-bond donors (Lipinski definition) is 0. The SMILES string of the molecule is O=C(CSc1ccc(F)cc1)N1CC(Cn2cncn2)C1. The van der Waals surface area contributed by atoms with Crippen LogP contribution >= 0.6 is 11.8 Å². The van der Waals surface area contributed by atoms with Gasteiger partial charge in [0.1, 0.15) is 18.5 Å². The molecule has 0 aliphatic carbocycles. The van der Waals surface area contributed by atoms with E-state index in [9.17, 15) is 9.18 Å². The number of rotatable bonds is 5. The Balaban J connectivity index is 1.40. The van der Waals surface area contributed by atoms with Crippen LogP contribution in [0.5, 0.6) is 0 Å². The first kappa shape index (κ1) is 14.1. The summed E-state index contributed by atoms with van der Waals surface area (Å²) in [6, 6.07) is 6.20. The van der Waals surface area contributed by atoms with Crippen LogP contribution in [0, 0.1) is 11.7 Å². The molecule has 1 saturated heterocycles. The van der Waals surface area contributed by atoms with Gasteiger partial charge in [-0.25, -0.2) is 9.37 Å². The van der Waals surface area contributed by atoms with Gasteiger partial charge in [-0.05, 0) is 24.3 Å². The highest BCUT2D eigenvalue weighted by atomic mass is 32.2. The first-order valence-corrected chi connectivity index (χ1v) is 7.68. The minimum Gasteiger partial charge on any atom is -0.341 e. The third-order valence-electron chi connectivity index (χ3n) is 3.40. The predicted octanol–water partition coefficient (Wildman–Crippen LogP) is 1.67. The van der Waals surface area contributed by atoms with Gasteiger partial charge in [0.2, 0.25) is 5.91 Å². The van der Waals surface area contributed by atoms with Gasteiger partial charge in [0.25, 0.3) is 0 Å². The third kappa shape index (κ3) is 3.60. The van der Waals surface area contributed by atoms with E-state index in [-0.39, 0.29) is 11.7 Å². The normalized spacial score (nSPS) is 15.0. The summed E-state index contributed by atoms with van der Waals surface area (Å²) in [5, 5.41) is 4.06. The van der Waals surface area contributed by atoms with Crippen LogP contribution in [0.25, 0.3) is 0 Å². The molecule has 2 aromatic rings. The second-order valence-corrected chi connectivity index (χ2v) is 6.07. The van der Waals surface area contributed by atoms with Crippen molar-refractivity contribution >= 4 is 17.7 Å². The number of carbonyl (C=O) groups is 1.